The molecular weight excluding hydrogens is 440 g/mol. The molecule has 1 aliphatic heterocycles. The SMILES string of the molecule is C=Cc1cc(-c2c(C)cc(C)cc2OC)nc2nc(C3CCCN(C(=O)OC(C)(C)C)C3)cnc12. The lowest BCUT2D eigenvalue weighted by molar-refractivity contribution is 0.0197. The molecule has 1 amide bonds. The topological polar surface area (TPSA) is 77.4 Å². The maximum absolute atomic E-state index is 12.6. The predicted octanol–water partition coefficient (Wildman–Crippen LogP) is 6.07. The molecule has 4 rings (SSSR count). The van der Waals surface area contributed by atoms with Crippen molar-refractivity contribution in [2.24, 2.45) is 0 Å². The second-order valence-electron chi connectivity index (χ2n) is 10.2. The third kappa shape index (κ3) is 5.29. The highest BCUT2D eigenvalue weighted by molar-refractivity contribution is 5.86. The van der Waals surface area contributed by atoms with Crippen LogP contribution in [0.2, 0.25) is 0 Å². The van der Waals surface area contributed by atoms with Gasteiger partial charge in [-0.25, -0.2) is 14.8 Å². The average molecular weight is 475 g/mol. The first-order valence-electron chi connectivity index (χ1n) is 12.0. The molecule has 1 unspecified atom stereocenters. The molecule has 0 bridgehead atoms. The van der Waals surface area contributed by atoms with E-state index in [0.29, 0.717) is 24.3 Å². The van der Waals surface area contributed by atoms with Gasteiger partial charge in [0.05, 0.1) is 18.5 Å². The number of nitrogens with zero attached hydrogens (tertiary/aromatic N) is 4. The van der Waals surface area contributed by atoms with Crippen LogP contribution in [0.15, 0.2) is 31.0 Å². The monoisotopic (exact) mass is 474 g/mol. The summed E-state index contributed by atoms with van der Waals surface area (Å²) in [7, 11) is 1.67. The summed E-state index contributed by atoms with van der Waals surface area (Å²) < 4.78 is 11.3. The van der Waals surface area contributed by atoms with E-state index in [2.05, 4.69) is 19.6 Å². The Morgan fingerprint density at radius 1 is 1.20 bits per heavy atom. The van der Waals surface area contributed by atoms with Gasteiger partial charge in [-0.3, -0.25) is 4.98 Å². The zero-order chi connectivity index (χ0) is 25.3. The molecule has 3 heterocycles. The minimum absolute atomic E-state index is 0.0708. The van der Waals surface area contributed by atoms with E-state index in [1.54, 1.807) is 24.3 Å². The number of rotatable bonds is 4. The van der Waals surface area contributed by atoms with Gasteiger partial charge in [-0.05, 0) is 70.7 Å². The molecule has 1 atom stereocenters. The Labute approximate surface area is 207 Å². The van der Waals surface area contributed by atoms with E-state index in [4.69, 9.17) is 24.4 Å². The van der Waals surface area contributed by atoms with Crippen LogP contribution in [0.3, 0.4) is 0 Å². The van der Waals surface area contributed by atoms with E-state index in [-0.39, 0.29) is 12.0 Å². The Morgan fingerprint density at radius 2 is 1.97 bits per heavy atom. The van der Waals surface area contributed by atoms with Crippen LogP contribution in [0.4, 0.5) is 4.79 Å². The van der Waals surface area contributed by atoms with Crippen molar-refractivity contribution in [2.75, 3.05) is 20.2 Å². The molecule has 0 aliphatic carbocycles. The summed E-state index contributed by atoms with van der Waals surface area (Å²) in [6.07, 6.45) is 5.11. The van der Waals surface area contributed by atoms with Crippen molar-refractivity contribution < 1.29 is 14.3 Å². The number of fused-ring (bicyclic) bond motifs is 1. The molecule has 0 radical (unpaired) electrons. The van der Waals surface area contributed by atoms with Crippen molar-refractivity contribution in [3.05, 3.63) is 53.4 Å². The molecule has 1 fully saturated rings. The predicted molar refractivity (Wildman–Crippen MR) is 139 cm³/mol. The van der Waals surface area contributed by atoms with Crippen molar-refractivity contribution in [3.63, 3.8) is 0 Å². The van der Waals surface area contributed by atoms with Gasteiger partial charge >= 0.3 is 6.09 Å². The molecule has 1 saturated heterocycles. The van der Waals surface area contributed by atoms with Crippen LogP contribution in [0, 0.1) is 13.8 Å². The summed E-state index contributed by atoms with van der Waals surface area (Å²) in [5.74, 6) is 0.843. The third-order valence-corrected chi connectivity index (χ3v) is 6.20. The highest BCUT2D eigenvalue weighted by Gasteiger charge is 2.29. The van der Waals surface area contributed by atoms with Crippen molar-refractivity contribution in [1.82, 2.24) is 19.9 Å². The number of ether oxygens (including phenoxy) is 2. The number of aromatic nitrogens is 3. The number of pyridine rings is 1. The van der Waals surface area contributed by atoms with Gasteiger partial charge in [-0.1, -0.05) is 18.7 Å². The van der Waals surface area contributed by atoms with Gasteiger partial charge in [0.2, 0.25) is 0 Å². The van der Waals surface area contributed by atoms with E-state index < -0.39 is 5.60 Å². The zero-order valence-corrected chi connectivity index (χ0v) is 21.5. The summed E-state index contributed by atoms with van der Waals surface area (Å²) in [6.45, 7) is 15.0. The standard InChI is InChI=1S/C28H34N4O3/c1-8-19-14-21(24-18(3)12-17(2)13-23(24)34-7)30-26-25(19)29-15-22(31-26)20-10-9-11-32(16-20)27(33)35-28(4,5)6/h8,12-15,20H,1,9-11,16H2,2-7H3. The number of methoxy groups -OCH3 is 1. The molecule has 0 saturated carbocycles. The van der Waals surface area contributed by atoms with Gasteiger partial charge in [0.1, 0.15) is 16.9 Å². The Morgan fingerprint density at radius 3 is 2.66 bits per heavy atom. The maximum atomic E-state index is 12.6. The van der Waals surface area contributed by atoms with Gasteiger partial charge in [0.25, 0.3) is 0 Å². The smallest absolute Gasteiger partial charge is 0.410 e. The fourth-order valence-electron chi connectivity index (χ4n) is 4.65. The fourth-order valence-corrected chi connectivity index (χ4v) is 4.65. The average Bonchev–Trinajstić information content (AvgIpc) is 2.81. The summed E-state index contributed by atoms with van der Waals surface area (Å²) in [4.78, 5) is 28.9. The number of amides is 1. The van der Waals surface area contributed by atoms with Gasteiger partial charge in [-0.15, -0.1) is 0 Å². The lowest BCUT2D eigenvalue weighted by atomic mass is 9.95. The number of aryl methyl sites for hydroxylation is 2. The van der Waals surface area contributed by atoms with E-state index in [0.717, 1.165) is 52.2 Å². The highest BCUT2D eigenvalue weighted by atomic mass is 16.6. The molecule has 7 heteroatoms. The fraction of sp³-hybridized carbons (Fsp3) is 0.429. The Hall–Kier alpha value is -3.48. The molecule has 35 heavy (non-hydrogen) atoms. The zero-order valence-electron chi connectivity index (χ0n) is 21.5. The minimum atomic E-state index is -0.524. The van der Waals surface area contributed by atoms with Crippen LogP contribution in [0.25, 0.3) is 28.5 Å². The van der Waals surface area contributed by atoms with Crippen LogP contribution < -0.4 is 4.74 Å². The molecular formula is C28H34N4O3. The number of piperidine rings is 1. The number of hydrogen-bond donors (Lipinski definition) is 0. The molecule has 0 N–H and O–H groups in total. The van der Waals surface area contributed by atoms with Crippen molar-refractivity contribution in [3.8, 4) is 17.0 Å². The lowest BCUT2D eigenvalue weighted by Gasteiger charge is -2.33. The summed E-state index contributed by atoms with van der Waals surface area (Å²) in [5, 5.41) is 0. The molecule has 3 aromatic rings. The van der Waals surface area contributed by atoms with Gasteiger partial charge in [-0.2, -0.15) is 0 Å². The maximum Gasteiger partial charge on any atom is 0.410 e. The molecule has 1 aliphatic rings. The Bertz CT molecular complexity index is 1280. The molecule has 2 aromatic heterocycles. The normalized spacial score (nSPS) is 16.3. The summed E-state index contributed by atoms with van der Waals surface area (Å²) >= 11 is 0. The number of carbonyl (C=O) groups excluding carboxylic acids is 1. The summed E-state index contributed by atoms with van der Waals surface area (Å²) in [6, 6.07) is 6.11. The first-order chi connectivity index (χ1) is 16.6. The van der Waals surface area contributed by atoms with E-state index >= 15 is 0 Å². The minimum Gasteiger partial charge on any atom is -0.496 e. The van der Waals surface area contributed by atoms with Crippen molar-refractivity contribution in [2.45, 2.75) is 59.0 Å². The number of hydrogen-bond acceptors (Lipinski definition) is 6. The van der Waals surface area contributed by atoms with Gasteiger partial charge in [0, 0.05) is 36.3 Å². The molecule has 7 nitrogen and oxygen atoms in total. The largest absolute Gasteiger partial charge is 0.496 e. The quantitative estimate of drug-likeness (QED) is 0.456. The number of benzene rings is 1. The van der Waals surface area contributed by atoms with Crippen LogP contribution in [-0.4, -0.2) is 51.7 Å². The van der Waals surface area contributed by atoms with Crippen molar-refractivity contribution in [1.29, 1.82) is 0 Å². The van der Waals surface area contributed by atoms with Crippen LogP contribution in [-0.2, 0) is 4.74 Å². The molecule has 0 spiro atoms. The van der Waals surface area contributed by atoms with Crippen molar-refractivity contribution >= 4 is 23.3 Å². The van der Waals surface area contributed by atoms with E-state index in [9.17, 15) is 4.79 Å². The van der Waals surface area contributed by atoms with Gasteiger partial charge < -0.3 is 14.4 Å². The van der Waals surface area contributed by atoms with Crippen LogP contribution in [0.1, 0.15) is 61.9 Å². The first-order valence-corrected chi connectivity index (χ1v) is 12.0. The van der Waals surface area contributed by atoms with Gasteiger partial charge in [0.15, 0.2) is 5.65 Å². The van der Waals surface area contributed by atoms with E-state index in [1.807, 2.05) is 39.8 Å². The Kier molecular flexibility index (Phi) is 6.79. The molecule has 1 aromatic carbocycles. The second kappa shape index (κ2) is 9.64. The number of likely N-dealkylation sites (tertiary alicyclic amines) is 1. The highest BCUT2D eigenvalue weighted by Crippen LogP contribution is 2.35. The van der Waals surface area contributed by atoms with Crippen LogP contribution in [0.5, 0.6) is 5.75 Å². The van der Waals surface area contributed by atoms with E-state index in [1.165, 1.54) is 0 Å². The Balaban J connectivity index is 1.73. The molecule has 184 valence electrons. The van der Waals surface area contributed by atoms with Crippen LogP contribution >= 0.6 is 0 Å². The third-order valence-electron chi connectivity index (χ3n) is 6.20. The first kappa shape index (κ1) is 24.6. The summed E-state index contributed by atoms with van der Waals surface area (Å²) in [5.41, 5.74) is 6.35. The number of carbonyl (C=O) groups is 1. The second-order valence-corrected chi connectivity index (χ2v) is 10.2. The lowest BCUT2D eigenvalue weighted by Crippen LogP contribution is -2.42.